The Labute approximate surface area is 164 Å². The Hall–Kier alpha value is -2.24. The molecule has 162 valence electrons. The molecule has 0 saturated heterocycles. The molecule has 11 heteroatoms. The number of rotatable bonds is 16. The normalized spacial score (nSPS) is 14.0. The topological polar surface area (TPSA) is 211 Å². The van der Waals surface area contributed by atoms with Crippen LogP contribution in [0.3, 0.4) is 0 Å². The second-order valence-corrected chi connectivity index (χ2v) is 6.57. The molecule has 0 aromatic heterocycles. The maximum absolute atomic E-state index is 12.5. The molecule has 0 aliphatic heterocycles. The highest BCUT2D eigenvalue weighted by Crippen LogP contribution is 2.06. The van der Waals surface area contributed by atoms with Gasteiger partial charge in [0.15, 0.2) is 0 Å². The Morgan fingerprint density at radius 3 is 1.71 bits per heavy atom. The Balaban J connectivity index is 4.93. The van der Waals surface area contributed by atoms with Gasteiger partial charge >= 0.3 is 11.9 Å². The molecule has 2 amide bonds. The molecule has 0 fully saturated rings. The maximum atomic E-state index is 12.5. The van der Waals surface area contributed by atoms with Crippen molar-refractivity contribution in [2.75, 3.05) is 13.1 Å². The SMILES string of the molecule is NCCCCC(NC(=O)C(CCCCN)NC(=O)C(N)CCC(=O)O)C(=O)O. The molecule has 0 rings (SSSR count). The highest BCUT2D eigenvalue weighted by atomic mass is 16.4. The molecule has 0 aromatic rings. The number of carbonyl (C=O) groups is 4. The van der Waals surface area contributed by atoms with Crippen LogP contribution in [-0.2, 0) is 19.2 Å². The molecule has 28 heavy (non-hydrogen) atoms. The van der Waals surface area contributed by atoms with Crippen LogP contribution in [0.1, 0.15) is 51.4 Å². The number of hydrogen-bond acceptors (Lipinski definition) is 7. The first-order valence-corrected chi connectivity index (χ1v) is 9.44. The molecule has 0 saturated carbocycles. The average Bonchev–Trinajstić information content (AvgIpc) is 2.64. The third-order valence-corrected chi connectivity index (χ3v) is 4.15. The molecular weight excluding hydrogens is 370 g/mol. The molecule has 0 spiro atoms. The fraction of sp³-hybridized carbons (Fsp3) is 0.765. The zero-order valence-corrected chi connectivity index (χ0v) is 16.1. The van der Waals surface area contributed by atoms with E-state index in [-0.39, 0.29) is 25.7 Å². The summed E-state index contributed by atoms with van der Waals surface area (Å²) in [6.45, 7) is 0.837. The number of unbranched alkanes of at least 4 members (excludes halogenated alkanes) is 2. The Kier molecular flexibility index (Phi) is 13.6. The fourth-order valence-electron chi connectivity index (χ4n) is 2.47. The number of hydrogen-bond donors (Lipinski definition) is 7. The molecule has 10 N–H and O–H groups in total. The van der Waals surface area contributed by atoms with Crippen LogP contribution in [0.5, 0.6) is 0 Å². The van der Waals surface area contributed by atoms with Crippen LogP contribution < -0.4 is 27.8 Å². The van der Waals surface area contributed by atoms with E-state index in [0.29, 0.717) is 38.8 Å². The van der Waals surface area contributed by atoms with Crippen LogP contribution in [0.25, 0.3) is 0 Å². The lowest BCUT2D eigenvalue weighted by Gasteiger charge is -2.23. The minimum absolute atomic E-state index is 0.0743. The molecule has 3 atom stereocenters. The van der Waals surface area contributed by atoms with Crippen molar-refractivity contribution < 1.29 is 29.4 Å². The first-order valence-electron chi connectivity index (χ1n) is 9.44. The van der Waals surface area contributed by atoms with Crippen molar-refractivity contribution in [3.05, 3.63) is 0 Å². The first kappa shape index (κ1) is 25.8. The molecule has 11 nitrogen and oxygen atoms in total. The lowest BCUT2D eigenvalue weighted by Crippen LogP contribution is -2.54. The molecule has 0 aliphatic rings. The van der Waals surface area contributed by atoms with E-state index in [0.717, 1.165) is 0 Å². The number of carbonyl (C=O) groups excluding carboxylic acids is 2. The van der Waals surface area contributed by atoms with Crippen LogP contribution in [0.15, 0.2) is 0 Å². The van der Waals surface area contributed by atoms with E-state index in [1.165, 1.54) is 0 Å². The predicted molar refractivity (Wildman–Crippen MR) is 102 cm³/mol. The molecule has 0 heterocycles. The van der Waals surface area contributed by atoms with E-state index in [9.17, 15) is 24.3 Å². The Morgan fingerprint density at radius 1 is 0.750 bits per heavy atom. The quantitative estimate of drug-likeness (QED) is 0.149. The number of aliphatic carboxylic acids is 2. The van der Waals surface area contributed by atoms with E-state index < -0.39 is 41.9 Å². The summed E-state index contributed by atoms with van der Waals surface area (Å²) in [5.74, 6) is -3.54. The van der Waals surface area contributed by atoms with Crippen LogP contribution in [-0.4, -0.2) is 65.2 Å². The van der Waals surface area contributed by atoms with E-state index in [1.807, 2.05) is 0 Å². The molecule has 0 radical (unpaired) electrons. The van der Waals surface area contributed by atoms with Crippen molar-refractivity contribution in [1.82, 2.24) is 10.6 Å². The lowest BCUT2D eigenvalue weighted by molar-refractivity contribution is -0.142. The van der Waals surface area contributed by atoms with Gasteiger partial charge in [-0.2, -0.15) is 0 Å². The summed E-state index contributed by atoms with van der Waals surface area (Å²) in [7, 11) is 0. The van der Waals surface area contributed by atoms with Crippen molar-refractivity contribution in [1.29, 1.82) is 0 Å². The summed E-state index contributed by atoms with van der Waals surface area (Å²) in [4.78, 5) is 46.7. The van der Waals surface area contributed by atoms with Crippen LogP contribution in [0.4, 0.5) is 0 Å². The minimum Gasteiger partial charge on any atom is -0.481 e. The zero-order valence-electron chi connectivity index (χ0n) is 16.1. The molecule has 0 aromatic carbocycles. The van der Waals surface area contributed by atoms with Gasteiger partial charge < -0.3 is 38.0 Å². The van der Waals surface area contributed by atoms with Gasteiger partial charge in [0.05, 0.1) is 6.04 Å². The van der Waals surface area contributed by atoms with Gasteiger partial charge in [0.2, 0.25) is 11.8 Å². The van der Waals surface area contributed by atoms with Crippen molar-refractivity contribution in [3.8, 4) is 0 Å². The smallest absolute Gasteiger partial charge is 0.326 e. The van der Waals surface area contributed by atoms with Crippen LogP contribution in [0, 0.1) is 0 Å². The maximum Gasteiger partial charge on any atom is 0.326 e. The summed E-state index contributed by atoms with van der Waals surface area (Å²) in [5.41, 5.74) is 16.5. The van der Waals surface area contributed by atoms with E-state index in [2.05, 4.69) is 10.6 Å². The third kappa shape index (κ3) is 11.5. The summed E-state index contributed by atoms with van der Waals surface area (Å²) < 4.78 is 0. The van der Waals surface area contributed by atoms with E-state index in [4.69, 9.17) is 22.3 Å². The van der Waals surface area contributed by atoms with Gasteiger partial charge in [-0.3, -0.25) is 14.4 Å². The number of carboxylic acids is 2. The number of nitrogens with two attached hydrogens (primary N) is 3. The van der Waals surface area contributed by atoms with Gasteiger partial charge in [0.1, 0.15) is 12.1 Å². The predicted octanol–water partition coefficient (Wildman–Crippen LogP) is -1.51. The highest BCUT2D eigenvalue weighted by Gasteiger charge is 2.27. The van der Waals surface area contributed by atoms with Gasteiger partial charge in [0, 0.05) is 6.42 Å². The van der Waals surface area contributed by atoms with Gasteiger partial charge in [-0.25, -0.2) is 4.79 Å². The van der Waals surface area contributed by atoms with E-state index in [1.54, 1.807) is 0 Å². The number of carboxylic acid groups (broad SMARTS) is 2. The minimum atomic E-state index is -1.17. The zero-order chi connectivity index (χ0) is 21.5. The van der Waals surface area contributed by atoms with E-state index >= 15 is 0 Å². The second kappa shape index (κ2) is 14.8. The lowest BCUT2D eigenvalue weighted by atomic mass is 10.0. The van der Waals surface area contributed by atoms with Crippen molar-refractivity contribution >= 4 is 23.8 Å². The van der Waals surface area contributed by atoms with Gasteiger partial charge in [-0.15, -0.1) is 0 Å². The standard InChI is InChI=1S/C17H33N5O6/c18-9-3-1-5-12(21-15(25)11(20)7-8-14(23)24)16(26)22-13(17(27)28)6-2-4-10-19/h11-13H,1-10,18-20H2,(H,21,25)(H,22,26)(H,23,24)(H,27,28). The molecular formula is C17H33N5O6. The summed E-state index contributed by atoms with van der Waals surface area (Å²) in [6, 6.07) is -3.15. The van der Waals surface area contributed by atoms with Crippen LogP contribution in [0.2, 0.25) is 0 Å². The largest absolute Gasteiger partial charge is 0.481 e. The average molecular weight is 403 g/mol. The highest BCUT2D eigenvalue weighted by molar-refractivity contribution is 5.91. The van der Waals surface area contributed by atoms with Gasteiger partial charge in [-0.1, -0.05) is 0 Å². The number of amides is 2. The summed E-state index contributed by atoms with van der Waals surface area (Å²) >= 11 is 0. The Morgan fingerprint density at radius 2 is 1.25 bits per heavy atom. The summed E-state index contributed by atoms with van der Waals surface area (Å²) in [6.07, 6.45) is 2.48. The number of nitrogens with one attached hydrogen (secondary N) is 2. The fourth-order valence-corrected chi connectivity index (χ4v) is 2.47. The molecule has 0 bridgehead atoms. The van der Waals surface area contributed by atoms with Crippen molar-refractivity contribution in [2.45, 2.75) is 69.5 Å². The second-order valence-electron chi connectivity index (χ2n) is 6.57. The van der Waals surface area contributed by atoms with Crippen molar-refractivity contribution in [3.63, 3.8) is 0 Å². The Bertz CT molecular complexity index is 516. The van der Waals surface area contributed by atoms with Gasteiger partial charge in [0.25, 0.3) is 0 Å². The first-order chi connectivity index (χ1) is 13.2. The van der Waals surface area contributed by atoms with Crippen LogP contribution >= 0.6 is 0 Å². The monoisotopic (exact) mass is 403 g/mol. The van der Waals surface area contributed by atoms with Gasteiger partial charge in [-0.05, 0) is 58.0 Å². The molecule has 0 aliphatic carbocycles. The van der Waals surface area contributed by atoms with Crippen molar-refractivity contribution in [2.24, 2.45) is 17.2 Å². The molecule has 3 unspecified atom stereocenters. The summed E-state index contributed by atoms with van der Waals surface area (Å²) in [5, 5.41) is 22.9. The third-order valence-electron chi connectivity index (χ3n) is 4.15.